The van der Waals surface area contributed by atoms with Gasteiger partial charge in [0.15, 0.2) is 0 Å². The van der Waals surface area contributed by atoms with Crippen molar-refractivity contribution in [3.05, 3.63) is 0 Å². The zero-order chi connectivity index (χ0) is 9.90. The molecular formula is C8H14N2O3. The van der Waals surface area contributed by atoms with Crippen molar-refractivity contribution >= 4 is 11.9 Å². The average molecular weight is 186 g/mol. The van der Waals surface area contributed by atoms with E-state index in [1.807, 2.05) is 0 Å². The normalized spacial score (nSPS) is 17.7. The zero-order valence-corrected chi connectivity index (χ0v) is 7.63. The van der Waals surface area contributed by atoms with E-state index in [-0.39, 0.29) is 12.5 Å². The molecule has 5 heteroatoms. The largest absolute Gasteiger partial charge is 0.465 e. The molecule has 0 heterocycles. The van der Waals surface area contributed by atoms with Gasteiger partial charge in [-0.2, -0.15) is 0 Å². The third-order valence-electron chi connectivity index (χ3n) is 1.94. The first-order valence-corrected chi connectivity index (χ1v) is 4.31. The number of carbonyl (C=O) groups excluding carboxylic acids is 2. The summed E-state index contributed by atoms with van der Waals surface area (Å²) >= 11 is 0. The summed E-state index contributed by atoms with van der Waals surface area (Å²) < 4.78 is 4.63. The van der Waals surface area contributed by atoms with Gasteiger partial charge in [0.2, 0.25) is 5.91 Å². The number of nitrogens with two attached hydrogens (primary N) is 1. The number of hydrogen-bond donors (Lipinski definition) is 2. The van der Waals surface area contributed by atoms with Gasteiger partial charge in [0, 0.05) is 0 Å². The molecule has 0 atom stereocenters. The van der Waals surface area contributed by atoms with E-state index < -0.39 is 11.5 Å². The fraction of sp³-hybridized carbons (Fsp3) is 0.750. The van der Waals surface area contributed by atoms with Crippen molar-refractivity contribution in [1.82, 2.24) is 5.32 Å². The van der Waals surface area contributed by atoms with Crippen LogP contribution in [0.2, 0.25) is 0 Å². The van der Waals surface area contributed by atoms with Crippen molar-refractivity contribution in [3.8, 4) is 0 Å². The molecule has 3 N–H and O–H groups in total. The highest BCUT2D eigenvalue weighted by atomic mass is 16.5. The predicted octanol–water partition coefficient (Wildman–Crippen LogP) is -0.843. The second-order valence-electron chi connectivity index (χ2n) is 3.14. The fourth-order valence-corrected chi connectivity index (χ4v) is 0.902. The Morgan fingerprint density at radius 2 is 2.15 bits per heavy atom. The summed E-state index contributed by atoms with van der Waals surface area (Å²) in [6.07, 6.45) is 1.39. The number of amides is 1. The molecule has 1 aliphatic rings. The van der Waals surface area contributed by atoms with E-state index in [2.05, 4.69) is 10.1 Å². The standard InChI is InChI=1S/C8H14N2O3/c1-2-13-6(11)5-10-7(12)8(9)3-4-8/h2-5,9H2,1H3,(H,10,12). The minimum Gasteiger partial charge on any atom is -0.465 e. The smallest absolute Gasteiger partial charge is 0.325 e. The van der Waals surface area contributed by atoms with E-state index in [4.69, 9.17) is 5.73 Å². The van der Waals surface area contributed by atoms with Gasteiger partial charge in [0.25, 0.3) is 0 Å². The molecule has 74 valence electrons. The van der Waals surface area contributed by atoms with Gasteiger partial charge in [-0.3, -0.25) is 9.59 Å². The minimum atomic E-state index is -0.716. The topological polar surface area (TPSA) is 81.4 Å². The lowest BCUT2D eigenvalue weighted by atomic mass is 10.3. The molecule has 0 aliphatic heterocycles. The van der Waals surface area contributed by atoms with Gasteiger partial charge in [0.05, 0.1) is 12.1 Å². The maximum Gasteiger partial charge on any atom is 0.325 e. The maximum atomic E-state index is 11.2. The van der Waals surface area contributed by atoms with Crippen molar-refractivity contribution in [2.45, 2.75) is 25.3 Å². The molecule has 0 aromatic carbocycles. The Morgan fingerprint density at radius 1 is 1.54 bits per heavy atom. The molecule has 1 fully saturated rings. The Hall–Kier alpha value is -1.10. The van der Waals surface area contributed by atoms with Crippen molar-refractivity contribution in [2.24, 2.45) is 5.73 Å². The number of rotatable bonds is 4. The molecule has 0 bridgehead atoms. The van der Waals surface area contributed by atoms with E-state index in [1.165, 1.54) is 0 Å². The van der Waals surface area contributed by atoms with E-state index in [1.54, 1.807) is 6.92 Å². The Balaban J connectivity index is 2.19. The van der Waals surface area contributed by atoms with Crippen LogP contribution < -0.4 is 11.1 Å². The minimum absolute atomic E-state index is 0.0916. The van der Waals surface area contributed by atoms with Crippen LogP contribution in [0.3, 0.4) is 0 Å². The lowest BCUT2D eigenvalue weighted by Crippen LogP contribution is -2.44. The summed E-state index contributed by atoms with van der Waals surface area (Å²) in [4.78, 5) is 22.0. The number of hydrogen-bond acceptors (Lipinski definition) is 4. The molecule has 5 nitrogen and oxygen atoms in total. The van der Waals surface area contributed by atoms with E-state index in [0.29, 0.717) is 19.4 Å². The number of ether oxygens (including phenoxy) is 1. The molecule has 0 unspecified atom stereocenters. The summed E-state index contributed by atoms with van der Waals surface area (Å²) in [7, 11) is 0. The SMILES string of the molecule is CCOC(=O)CNC(=O)C1(N)CC1. The maximum absolute atomic E-state index is 11.2. The van der Waals surface area contributed by atoms with Crippen LogP contribution in [-0.2, 0) is 14.3 Å². The van der Waals surface area contributed by atoms with E-state index in [9.17, 15) is 9.59 Å². The van der Waals surface area contributed by atoms with Crippen molar-refractivity contribution in [1.29, 1.82) is 0 Å². The van der Waals surface area contributed by atoms with Gasteiger partial charge in [-0.05, 0) is 19.8 Å². The van der Waals surface area contributed by atoms with Gasteiger partial charge in [-0.15, -0.1) is 0 Å². The Kier molecular flexibility index (Phi) is 2.87. The number of carbonyl (C=O) groups is 2. The molecule has 0 aromatic heterocycles. The lowest BCUT2D eigenvalue weighted by Gasteiger charge is -2.08. The molecule has 1 amide bonds. The second kappa shape index (κ2) is 3.74. The third-order valence-corrected chi connectivity index (χ3v) is 1.94. The Bertz CT molecular complexity index is 223. The summed E-state index contributed by atoms with van der Waals surface area (Å²) in [5.74, 6) is -0.694. The third kappa shape index (κ3) is 2.69. The van der Waals surface area contributed by atoms with Crippen LogP contribution in [0.5, 0.6) is 0 Å². The summed E-state index contributed by atoms with van der Waals surface area (Å²) in [6.45, 7) is 1.94. The second-order valence-corrected chi connectivity index (χ2v) is 3.14. The van der Waals surface area contributed by atoms with E-state index in [0.717, 1.165) is 0 Å². The molecule has 0 radical (unpaired) electrons. The monoisotopic (exact) mass is 186 g/mol. The van der Waals surface area contributed by atoms with Gasteiger partial charge in [0.1, 0.15) is 6.54 Å². The first-order valence-electron chi connectivity index (χ1n) is 4.31. The highest BCUT2D eigenvalue weighted by molar-refractivity contribution is 5.91. The van der Waals surface area contributed by atoms with Gasteiger partial charge in [-0.25, -0.2) is 0 Å². The van der Waals surface area contributed by atoms with Crippen LogP contribution in [-0.4, -0.2) is 30.6 Å². The van der Waals surface area contributed by atoms with Gasteiger partial charge in [-0.1, -0.05) is 0 Å². The molecule has 0 spiro atoms. The molecule has 1 saturated carbocycles. The van der Waals surface area contributed by atoms with Crippen LogP contribution in [0, 0.1) is 0 Å². The predicted molar refractivity (Wildman–Crippen MR) is 45.8 cm³/mol. The first kappa shape index (κ1) is 9.98. The molecule has 1 rings (SSSR count). The average Bonchev–Trinajstić information content (AvgIpc) is 2.81. The van der Waals surface area contributed by atoms with Crippen LogP contribution >= 0.6 is 0 Å². The summed E-state index contributed by atoms with van der Waals surface area (Å²) in [6, 6.07) is 0. The molecule has 0 aromatic rings. The number of esters is 1. The Morgan fingerprint density at radius 3 is 2.62 bits per heavy atom. The van der Waals surface area contributed by atoms with Crippen molar-refractivity contribution < 1.29 is 14.3 Å². The summed E-state index contributed by atoms with van der Waals surface area (Å²) in [5.41, 5.74) is 4.87. The zero-order valence-electron chi connectivity index (χ0n) is 7.63. The van der Waals surface area contributed by atoms with E-state index >= 15 is 0 Å². The highest BCUT2D eigenvalue weighted by Gasteiger charge is 2.45. The van der Waals surface area contributed by atoms with Gasteiger partial charge >= 0.3 is 5.97 Å². The van der Waals surface area contributed by atoms with Crippen LogP contribution in [0.1, 0.15) is 19.8 Å². The fourth-order valence-electron chi connectivity index (χ4n) is 0.902. The summed E-state index contributed by atoms with van der Waals surface area (Å²) in [5, 5.41) is 2.43. The molecule has 13 heavy (non-hydrogen) atoms. The van der Waals surface area contributed by atoms with Gasteiger partial charge < -0.3 is 15.8 Å². The highest BCUT2D eigenvalue weighted by Crippen LogP contribution is 2.31. The lowest BCUT2D eigenvalue weighted by molar-refractivity contribution is -0.143. The number of nitrogens with one attached hydrogen (secondary N) is 1. The Labute approximate surface area is 76.6 Å². The van der Waals surface area contributed by atoms with Crippen molar-refractivity contribution in [2.75, 3.05) is 13.2 Å². The molecular weight excluding hydrogens is 172 g/mol. The first-order chi connectivity index (χ1) is 6.08. The quantitative estimate of drug-likeness (QED) is 0.561. The molecule has 0 saturated heterocycles. The van der Waals surface area contributed by atoms with Crippen molar-refractivity contribution in [3.63, 3.8) is 0 Å². The van der Waals surface area contributed by atoms with Crippen LogP contribution in [0.15, 0.2) is 0 Å². The molecule has 1 aliphatic carbocycles. The van der Waals surface area contributed by atoms with Crippen LogP contribution in [0.25, 0.3) is 0 Å². The van der Waals surface area contributed by atoms with Crippen LogP contribution in [0.4, 0.5) is 0 Å².